The van der Waals surface area contributed by atoms with Crippen LogP contribution in [0.2, 0.25) is 5.02 Å². The summed E-state index contributed by atoms with van der Waals surface area (Å²) in [4.78, 5) is 17.4. The first-order valence-corrected chi connectivity index (χ1v) is 8.35. The number of aliphatic hydroxyl groups is 1. The van der Waals surface area contributed by atoms with Crippen LogP contribution >= 0.6 is 22.9 Å². The molecule has 0 radical (unpaired) electrons. The molecule has 0 spiro atoms. The maximum atomic E-state index is 12.3. The number of aliphatic hydroxyl groups excluding tert-OH is 1. The number of hydrogen-bond donors (Lipinski definition) is 2. The van der Waals surface area contributed by atoms with Crippen LogP contribution < -0.4 is 5.32 Å². The average molecular weight is 339 g/mol. The number of aryl methyl sites for hydroxylation is 1. The molecule has 1 heterocycles. The molecule has 0 aliphatic carbocycles. The van der Waals surface area contributed by atoms with E-state index in [1.54, 1.807) is 0 Å². The highest BCUT2D eigenvalue weighted by atomic mass is 35.5. The molecular weight excluding hydrogens is 320 g/mol. The predicted octanol–water partition coefficient (Wildman–Crippen LogP) is 3.66. The van der Waals surface area contributed by atoms with Crippen LogP contribution in [0.25, 0.3) is 10.6 Å². The molecule has 0 aliphatic rings. The Balaban J connectivity index is 2.14. The number of benzene rings is 1. The molecule has 6 heteroatoms. The first-order valence-electron chi connectivity index (χ1n) is 7.16. The third kappa shape index (κ3) is 4.29. The van der Waals surface area contributed by atoms with E-state index in [1.807, 2.05) is 38.1 Å². The number of rotatable bonds is 6. The van der Waals surface area contributed by atoms with Gasteiger partial charge >= 0.3 is 0 Å². The Bertz CT molecular complexity index is 657. The Morgan fingerprint density at radius 1 is 1.50 bits per heavy atom. The van der Waals surface area contributed by atoms with Crippen LogP contribution in [0.4, 0.5) is 0 Å². The van der Waals surface area contributed by atoms with Crippen molar-refractivity contribution in [1.29, 1.82) is 0 Å². The van der Waals surface area contributed by atoms with E-state index in [-0.39, 0.29) is 18.6 Å². The summed E-state index contributed by atoms with van der Waals surface area (Å²) in [7, 11) is 0. The second-order valence-corrected chi connectivity index (χ2v) is 6.62. The van der Waals surface area contributed by atoms with E-state index in [0.717, 1.165) is 17.0 Å². The van der Waals surface area contributed by atoms with Crippen molar-refractivity contribution >= 4 is 28.8 Å². The third-order valence-electron chi connectivity index (χ3n) is 3.25. The lowest BCUT2D eigenvalue weighted by molar-refractivity contribution is 0.0939. The quantitative estimate of drug-likeness (QED) is 0.844. The molecule has 1 amide bonds. The van der Waals surface area contributed by atoms with Crippen molar-refractivity contribution in [3.8, 4) is 10.6 Å². The van der Waals surface area contributed by atoms with E-state index >= 15 is 0 Å². The largest absolute Gasteiger partial charge is 0.396 e. The molecule has 4 nitrogen and oxygen atoms in total. The van der Waals surface area contributed by atoms with Crippen molar-refractivity contribution in [2.24, 2.45) is 0 Å². The monoisotopic (exact) mass is 338 g/mol. The standard InChI is InChI=1S/C16H19ClN2O2S/c1-10(5-4-8-20)18-15(21)14-11(2)19-16(22-14)12-6-3-7-13(17)9-12/h3,6-7,9-10,20H,4-5,8H2,1-2H3,(H,18,21). The van der Waals surface area contributed by atoms with Gasteiger partial charge in [-0.1, -0.05) is 23.7 Å². The zero-order valence-electron chi connectivity index (χ0n) is 12.6. The summed E-state index contributed by atoms with van der Waals surface area (Å²) in [6, 6.07) is 7.46. The number of hydrogen-bond acceptors (Lipinski definition) is 4. The van der Waals surface area contributed by atoms with Gasteiger partial charge in [-0.05, 0) is 38.8 Å². The predicted molar refractivity (Wildman–Crippen MR) is 90.5 cm³/mol. The second-order valence-electron chi connectivity index (χ2n) is 5.18. The van der Waals surface area contributed by atoms with Crippen molar-refractivity contribution < 1.29 is 9.90 Å². The summed E-state index contributed by atoms with van der Waals surface area (Å²) >= 11 is 7.36. The highest BCUT2D eigenvalue weighted by molar-refractivity contribution is 7.17. The fourth-order valence-corrected chi connectivity index (χ4v) is 3.27. The first kappa shape index (κ1) is 16.9. The molecular formula is C16H19ClN2O2S. The lowest BCUT2D eigenvalue weighted by Gasteiger charge is -2.12. The van der Waals surface area contributed by atoms with Crippen molar-refractivity contribution in [3.05, 3.63) is 39.9 Å². The van der Waals surface area contributed by atoms with Gasteiger partial charge in [0.15, 0.2) is 0 Å². The van der Waals surface area contributed by atoms with Gasteiger partial charge in [-0.2, -0.15) is 0 Å². The van der Waals surface area contributed by atoms with E-state index in [0.29, 0.717) is 22.0 Å². The summed E-state index contributed by atoms with van der Waals surface area (Å²) < 4.78 is 0. The summed E-state index contributed by atoms with van der Waals surface area (Å²) in [5.41, 5.74) is 1.62. The molecule has 2 aromatic rings. The van der Waals surface area contributed by atoms with Crippen LogP contribution in [-0.4, -0.2) is 28.6 Å². The Kier molecular flexibility index (Phi) is 5.94. The van der Waals surface area contributed by atoms with Crippen LogP contribution in [0.3, 0.4) is 0 Å². The van der Waals surface area contributed by atoms with Crippen LogP contribution in [0.15, 0.2) is 24.3 Å². The van der Waals surface area contributed by atoms with Gasteiger partial charge in [-0.15, -0.1) is 11.3 Å². The Hall–Kier alpha value is -1.43. The van der Waals surface area contributed by atoms with E-state index in [9.17, 15) is 4.79 Å². The molecule has 1 atom stereocenters. The third-order valence-corrected chi connectivity index (χ3v) is 4.69. The van der Waals surface area contributed by atoms with Crippen LogP contribution in [0.1, 0.15) is 35.1 Å². The zero-order chi connectivity index (χ0) is 16.1. The van der Waals surface area contributed by atoms with Gasteiger partial charge in [0.2, 0.25) is 0 Å². The number of nitrogens with one attached hydrogen (secondary N) is 1. The van der Waals surface area contributed by atoms with Crippen LogP contribution in [-0.2, 0) is 0 Å². The van der Waals surface area contributed by atoms with Gasteiger partial charge in [0.05, 0.1) is 5.69 Å². The molecule has 22 heavy (non-hydrogen) atoms. The lowest BCUT2D eigenvalue weighted by atomic mass is 10.2. The number of aromatic nitrogens is 1. The smallest absolute Gasteiger partial charge is 0.263 e. The highest BCUT2D eigenvalue weighted by Gasteiger charge is 2.17. The Morgan fingerprint density at radius 3 is 2.95 bits per heavy atom. The minimum absolute atomic E-state index is 0.0239. The van der Waals surface area contributed by atoms with Gasteiger partial charge in [-0.25, -0.2) is 4.98 Å². The van der Waals surface area contributed by atoms with E-state index in [4.69, 9.17) is 16.7 Å². The molecule has 0 aliphatic heterocycles. The molecule has 2 rings (SSSR count). The number of carbonyl (C=O) groups is 1. The van der Waals surface area contributed by atoms with Crippen molar-refractivity contribution in [2.45, 2.75) is 32.7 Å². The summed E-state index contributed by atoms with van der Waals surface area (Å²) in [6.45, 7) is 3.90. The fraction of sp³-hybridized carbons (Fsp3) is 0.375. The number of halogens is 1. The molecule has 1 unspecified atom stereocenters. The molecule has 1 aromatic heterocycles. The molecule has 0 fully saturated rings. The maximum absolute atomic E-state index is 12.3. The summed E-state index contributed by atoms with van der Waals surface area (Å²) in [5.74, 6) is -0.117. The SMILES string of the molecule is Cc1nc(-c2cccc(Cl)c2)sc1C(=O)NC(C)CCCO. The maximum Gasteiger partial charge on any atom is 0.263 e. The van der Waals surface area contributed by atoms with Gasteiger partial charge in [0.1, 0.15) is 9.88 Å². The van der Waals surface area contributed by atoms with Crippen LogP contribution in [0.5, 0.6) is 0 Å². The van der Waals surface area contributed by atoms with Gasteiger partial charge in [-0.3, -0.25) is 4.79 Å². The number of carbonyl (C=O) groups excluding carboxylic acids is 1. The molecule has 0 saturated carbocycles. The van der Waals surface area contributed by atoms with Crippen molar-refractivity contribution in [1.82, 2.24) is 10.3 Å². The Morgan fingerprint density at radius 2 is 2.27 bits per heavy atom. The van der Waals surface area contributed by atoms with Gasteiger partial charge < -0.3 is 10.4 Å². The first-order chi connectivity index (χ1) is 10.5. The average Bonchev–Trinajstić information content (AvgIpc) is 2.87. The molecule has 0 saturated heterocycles. The lowest BCUT2D eigenvalue weighted by Crippen LogP contribution is -2.32. The normalized spacial score (nSPS) is 12.2. The van der Waals surface area contributed by atoms with E-state index in [2.05, 4.69) is 10.3 Å². The highest BCUT2D eigenvalue weighted by Crippen LogP contribution is 2.29. The van der Waals surface area contributed by atoms with Crippen molar-refractivity contribution in [2.75, 3.05) is 6.61 Å². The molecule has 118 valence electrons. The fourth-order valence-electron chi connectivity index (χ4n) is 2.11. The number of amides is 1. The minimum Gasteiger partial charge on any atom is -0.396 e. The van der Waals surface area contributed by atoms with E-state index < -0.39 is 0 Å². The van der Waals surface area contributed by atoms with Gasteiger partial charge in [0.25, 0.3) is 5.91 Å². The number of nitrogens with zero attached hydrogens (tertiary/aromatic N) is 1. The minimum atomic E-state index is -0.117. The van der Waals surface area contributed by atoms with E-state index in [1.165, 1.54) is 11.3 Å². The van der Waals surface area contributed by atoms with Crippen molar-refractivity contribution in [3.63, 3.8) is 0 Å². The second kappa shape index (κ2) is 7.72. The van der Waals surface area contributed by atoms with Crippen LogP contribution in [0, 0.1) is 6.92 Å². The number of thiazole rings is 1. The summed E-state index contributed by atoms with van der Waals surface area (Å²) in [5, 5.41) is 13.2. The summed E-state index contributed by atoms with van der Waals surface area (Å²) in [6.07, 6.45) is 1.43. The zero-order valence-corrected chi connectivity index (χ0v) is 14.2. The topological polar surface area (TPSA) is 62.2 Å². The van der Waals surface area contributed by atoms with Gasteiger partial charge in [0, 0.05) is 23.2 Å². The molecule has 2 N–H and O–H groups in total. The molecule has 0 bridgehead atoms. The Labute approximate surface area is 139 Å². The molecule has 1 aromatic carbocycles.